The third kappa shape index (κ3) is 1.26. The molecular weight excluding hydrogens is 202 g/mol. The maximum atomic E-state index is 11.3. The van der Waals surface area contributed by atoms with Gasteiger partial charge in [0.15, 0.2) is 0 Å². The Balaban J connectivity index is 2.70. The predicted octanol–water partition coefficient (Wildman–Crippen LogP) is 2.38. The quantitative estimate of drug-likeness (QED) is 0.533. The minimum atomic E-state index is -0.352. The first-order valence-corrected chi connectivity index (χ1v) is 4.45. The molecule has 2 heterocycles. The molecule has 0 saturated heterocycles. The molecule has 0 unspecified atom stereocenters. The molecule has 3 nitrogen and oxygen atoms in total. The number of hydrogen-bond acceptors (Lipinski definition) is 2. The molecule has 0 aromatic carbocycles. The van der Waals surface area contributed by atoms with Gasteiger partial charge in [-0.2, -0.15) is 0 Å². The van der Waals surface area contributed by atoms with E-state index in [1.54, 1.807) is 28.8 Å². The largest absolute Gasteiger partial charge is 0.465 e. The normalized spacial score (nSPS) is 10.4. The van der Waals surface area contributed by atoms with Crippen LogP contribution in [0.2, 0.25) is 5.15 Å². The standard InChI is InChI=1S/C10H8ClNO2/c1-14-10(13)7-5-6-12-8(7)3-2-4-9(12)11/h2-6H,1H3. The van der Waals surface area contributed by atoms with Crippen molar-refractivity contribution in [2.45, 2.75) is 0 Å². The molecule has 0 aliphatic rings. The van der Waals surface area contributed by atoms with Gasteiger partial charge in [0.05, 0.1) is 18.2 Å². The van der Waals surface area contributed by atoms with Crippen molar-refractivity contribution in [2.24, 2.45) is 0 Å². The van der Waals surface area contributed by atoms with Gasteiger partial charge in [0.2, 0.25) is 0 Å². The number of aromatic nitrogens is 1. The Hall–Kier alpha value is -1.48. The van der Waals surface area contributed by atoms with E-state index in [9.17, 15) is 4.79 Å². The number of nitrogens with zero attached hydrogens (tertiary/aromatic N) is 1. The minimum Gasteiger partial charge on any atom is -0.465 e. The van der Waals surface area contributed by atoms with Crippen molar-refractivity contribution in [3.8, 4) is 0 Å². The molecule has 0 fully saturated rings. The molecule has 0 radical (unpaired) electrons. The molecule has 0 saturated carbocycles. The topological polar surface area (TPSA) is 30.7 Å². The highest BCUT2D eigenvalue weighted by Gasteiger charge is 2.11. The third-order valence-corrected chi connectivity index (χ3v) is 2.36. The van der Waals surface area contributed by atoms with Gasteiger partial charge < -0.3 is 9.14 Å². The van der Waals surface area contributed by atoms with Crippen LogP contribution in [-0.4, -0.2) is 17.5 Å². The number of hydrogen-bond donors (Lipinski definition) is 0. The van der Waals surface area contributed by atoms with E-state index in [2.05, 4.69) is 4.74 Å². The summed E-state index contributed by atoms with van der Waals surface area (Å²) in [7, 11) is 1.36. The van der Waals surface area contributed by atoms with Crippen molar-refractivity contribution in [3.05, 3.63) is 41.2 Å². The van der Waals surface area contributed by atoms with Gasteiger partial charge in [-0.05, 0) is 18.2 Å². The highest BCUT2D eigenvalue weighted by molar-refractivity contribution is 6.29. The van der Waals surface area contributed by atoms with Crippen LogP contribution in [-0.2, 0) is 4.74 Å². The average Bonchev–Trinajstić information content (AvgIpc) is 2.62. The number of pyridine rings is 1. The molecule has 4 heteroatoms. The van der Waals surface area contributed by atoms with E-state index in [0.717, 1.165) is 5.52 Å². The summed E-state index contributed by atoms with van der Waals surface area (Å²) in [5.41, 5.74) is 1.28. The van der Waals surface area contributed by atoms with Gasteiger partial charge in [0.1, 0.15) is 5.15 Å². The van der Waals surface area contributed by atoms with Crippen molar-refractivity contribution in [2.75, 3.05) is 7.11 Å². The number of halogens is 1. The van der Waals surface area contributed by atoms with E-state index in [4.69, 9.17) is 11.6 Å². The van der Waals surface area contributed by atoms with Crippen LogP contribution in [0.15, 0.2) is 30.5 Å². The van der Waals surface area contributed by atoms with E-state index in [0.29, 0.717) is 10.7 Å². The third-order valence-electron chi connectivity index (χ3n) is 2.05. The zero-order chi connectivity index (χ0) is 10.1. The summed E-state index contributed by atoms with van der Waals surface area (Å²) in [4.78, 5) is 11.3. The van der Waals surface area contributed by atoms with Gasteiger partial charge in [-0.3, -0.25) is 0 Å². The second kappa shape index (κ2) is 3.35. The predicted molar refractivity (Wildman–Crippen MR) is 53.7 cm³/mol. The molecule has 0 atom stereocenters. The summed E-state index contributed by atoms with van der Waals surface area (Å²) < 4.78 is 6.38. The van der Waals surface area contributed by atoms with E-state index in [1.807, 2.05) is 6.07 Å². The fourth-order valence-corrected chi connectivity index (χ4v) is 1.60. The Morgan fingerprint density at radius 3 is 2.93 bits per heavy atom. The van der Waals surface area contributed by atoms with Crippen molar-refractivity contribution < 1.29 is 9.53 Å². The lowest BCUT2D eigenvalue weighted by Gasteiger charge is -1.99. The van der Waals surface area contributed by atoms with Gasteiger partial charge in [-0.1, -0.05) is 17.7 Å². The van der Waals surface area contributed by atoms with Crippen LogP contribution in [0.25, 0.3) is 5.52 Å². The van der Waals surface area contributed by atoms with Crippen LogP contribution in [0.5, 0.6) is 0 Å². The lowest BCUT2D eigenvalue weighted by molar-refractivity contribution is 0.0603. The molecule has 72 valence electrons. The van der Waals surface area contributed by atoms with E-state index < -0.39 is 0 Å². The van der Waals surface area contributed by atoms with Gasteiger partial charge in [0.25, 0.3) is 0 Å². The van der Waals surface area contributed by atoms with Crippen LogP contribution < -0.4 is 0 Å². The minimum absolute atomic E-state index is 0.352. The van der Waals surface area contributed by atoms with Crippen molar-refractivity contribution >= 4 is 23.1 Å². The average molecular weight is 210 g/mol. The SMILES string of the molecule is COC(=O)c1ccn2c(Cl)cccc12. The summed E-state index contributed by atoms with van der Waals surface area (Å²) in [6.45, 7) is 0. The van der Waals surface area contributed by atoms with Gasteiger partial charge in [-0.25, -0.2) is 4.79 Å². The summed E-state index contributed by atoms with van der Waals surface area (Å²) in [5, 5.41) is 0.567. The summed E-state index contributed by atoms with van der Waals surface area (Å²) in [5.74, 6) is -0.352. The molecule has 0 N–H and O–H groups in total. The van der Waals surface area contributed by atoms with Crippen LogP contribution in [0.1, 0.15) is 10.4 Å². The number of esters is 1. The maximum Gasteiger partial charge on any atom is 0.340 e. The monoisotopic (exact) mass is 209 g/mol. The number of methoxy groups -OCH3 is 1. The first kappa shape index (κ1) is 9.09. The molecular formula is C10H8ClNO2. The molecule has 0 amide bonds. The number of carbonyl (C=O) groups is 1. The van der Waals surface area contributed by atoms with Gasteiger partial charge in [0, 0.05) is 6.20 Å². The first-order chi connectivity index (χ1) is 6.74. The molecule has 0 spiro atoms. The maximum absolute atomic E-state index is 11.3. The zero-order valence-corrected chi connectivity index (χ0v) is 8.28. The lowest BCUT2D eigenvalue weighted by Crippen LogP contribution is -2.00. The second-order valence-electron chi connectivity index (χ2n) is 2.82. The number of fused-ring (bicyclic) bond motifs is 1. The zero-order valence-electron chi connectivity index (χ0n) is 7.53. The Bertz CT molecular complexity index is 490. The number of carbonyl (C=O) groups excluding carboxylic acids is 1. The first-order valence-electron chi connectivity index (χ1n) is 4.08. The molecule has 14 heavy (non-hydrogen) atoms. The smallest absolute Gasteiger partial charge is 0.340 e. The van der Waals surface area contributed by atoms with Crippen LogP contribution in [0, 0.1) is 0 Å². The summed E-state index contributed by atoms with van der Waals surface area (Å²) in [6, 6.07) is 7.06. The lowest BCUT2D eigenvalue weighted by atomic mass is 10.2. The Morgan fingerprint density at radius 1 is 1.43 bits per heavy atom. The van der Waals surface area contributed by atoms with E-state index >= 15 is 0 Å². The molecule has 2 aromatic rings. The molecule has 2 aromatic heterocycles. The van der Waals surface area contributed by atoms with Crippen molar-refractivity contribution in [1.29, 1.82) is 0 Å². The highest BCUT2D eigenvalue weighted by atomic mass is 35.5. The van der Waals surface area contributed by atoms with Gasteiger partial charge in [-0.15, -0.1) is 0 Å². The Kier molecular flexibility index (Phi) is 2.17. The van der Waals surface area contributed by atoms with Crippen molar-refractivity contribution in [1.82, 2.24) is 4.40 Å². The fraction of sp³-hybridized carbons (Fsp3) is 0.100. The molecule has 0 aliphatic carbocycles. The molecule has 0 bridgehead atoms. The van der Waals surface area contributed by atoms with Gasteiger partial charge >= 0.3 is 5.97 Å². The number of ether oxygens (including phenoxy) is 1. The number of rotatable bonds is 1. The second-order valence-corrected chi connectivity index (χ2v) is 3.21. The van der Waals surface area contributed by atoms with Crippen LogP contribution in [0.3, 0.4) is 0 Å². The molecule has 0 aliphatic heterocycles. The molecule has 2 rings (SSSR count). The Labute approximate surface area is 85.9 Å². The van der Waals surface area contributed by atoms with Crippen LogP contribution >= 0.6 is 11.6 Å². The summed E-state index contributed by atoms with van der Waals surface area (Å²) >= 11 is 5.93. The van der Waals surface area contributed by atoms with Crippen molar-refractivity contribution in [3.63, 3.8) is 0 Å². The van der Waals surface area contributed by atoms with E-state index in [1.165, 1.54) is 7.11 Å². The highest BCUT2D eigenvalue weighted by Crippen LogP contribution is 2.18. The fourth-order valence-electron chi connectivity index (χ4n) is 1.38. The Morgan fingerprint density at radius 2 is 2.21 bits per heavy atom. The van der Waals surface area contributed by atoms with E-state index in [-0.39, 0.29) is 5.97 Å². The van der Waals surface area contributed by atoms with Crippen LogP contribution in [0.4, 0.5) is 0 Å². The summed E-state index contributed by atoms with van der Waals surface area (Å²) in [6.07, 6.45) is 1.74.